The number of rotatable bonds is 4. The molecule has 1 fully saturated rings. The Bertz CT molecular complexity index is 213. The molecule has 2 atom stereocenters. The normalized spacial score (nSPS) is 20.9. The van der Waals surface area contributed by atoms with E-state index < -0.39 is 0 Å². The van der Waals surface area contributed by atoms with Gasteiger partial charge in [0.1, 0.15) is 7.28 Å². The summed E-state index contributed by atoms with van der Waals surface area (Å²) in [6.07, 6.45) is 8.13. The number of hydrogen-bond acceptors (Lipinski definition) is 1. The Morgan fingerprint density at radius 3 is 2.33 bits per heavy atom. The van der Waals surface area contributed by atoms with E-state index in [2.05, 4.69) is 40.6 Å². The third-order valence-corrected chi connectivity index (χ3v) is 4.13. The second-order valence-electron chi connectivity index (χ2n) is 4.90. The molecule has 0 bridgehead atoms. The molecule has 2 unspecified atom stereocenters. The summed E-state index contributed by atoms with van der Waals surface area (Å²) in [5, 5.41) is 0.504. The lowest BCUT2D eigenvalue weighted by molar-refractivity contribution is 0.559. The topological polar surface area (TPSA) is 0 Å². The average Bonchev–Trinajstić information content (AvgIpc) is 2.26. The molecular formula is C13H24BS. The second-order valence-corrected chi connectivity index (χ2v) is 5.71. The fraction of sp³-hybridized carbons (Fsp3) is 0.846. The van der Waals surface area contributed by atoms with Crippen LogP contribution in [0.25, 0.3) is 0 Å². The van der Waals surface area contributed by atoms with E-state index in [-0.39, 0.29) is 0 Å². The Labute approximate surface area is 102 Å². The van der Waals surface area contributed by atoms with Crippen LogP contribution in [0.3, 0.4) is 0 Å². The summed E-state index contributed by atoms with van der Waals surface area (Å²) in [4.78, 5) is 0. The zero-order valence-corrected chi connectivity index (χ0v) is 11.3. The minimum Gasteiger partial charge on any atom is -0.176 e. The fourth-order valence-corrected chi connectivity index (χ4v) is 2.39. The molecule has 1 aliphatic carbocycles. The molecule has 1 saturated carbocycles. The zero-order valence-electron chi connectivity index (χ0n) is 10.4. The van der Waals surface area contributed by atoms with Crippen molar-refractivity contribution < 1.29 is 0 Å². The van der Waals surface area contributed by atoms with Gasteiger partial charge in [0.25, 0.3) is 0 Å². The van der Waals surface area contributed by atoms with Gasteiger partial charge in [-0.15, -0.1) is 5.47 Å². The van der Waals surface area contributed by atoms with Gasteiger partial charge in [-0.3, -0.25) is 0 Å². The summed E-state index contributed by atoms with van der Waals surface area (Å²) in [7, 11) is 2.33. The quantitative estimate of drug-likeness (QED) is 0.533. The van der Waals surface area contributed by atoms with Gasteiger partial charge in [-0.25, -0.2) is 0 Å². The molecule has 0 N–H and O–H groups in total. The van der Waals surface area contributed by atoms with E-state index in [0.29, 0.717) is 11.2 Å². The van der Waals surface area contributed by atoms with Crippen LogP contribution in [0.1, 0.15) is 52.4 Å². The van der Waals surface area contributed by atoms with E-state index in [4.69, 9.17) is 0 Å². The maximum absolute atomic E-state index is 4.53. The first-order valence-electron chi connectivity index (χ1n) is 6.33. The van der Waals surface area contributed by atoms with Crippen molar-refractivity contribution in [3.63, 3.8) is 0 Å². The van der Waals surface area contributed by atoms with Gasteiger partial charge in [0, 0.05) is 5.25 Å². The Kier molecular flexibility index (Phi) is 5.88. The van der Waals surface area contributed by atoms with E-state index >= 15 is 0 Å². The van der Waals surface area contributed by atoms with Crippen molar-refractivity contribution >= 4 is 19.9 Å². The maximum atomic E-state index is 4.53. The summed E-state index contributed by atoms with van der Waals surface area (Å²) in [5.41, 5.74) is 3.34. The lowest BCUT2D eigenvalue weighted by atomic mass is 9.65. The molecule has 0 aromatic rings. The van der Waals surface area contributed by atoms with Gasteiger partial charge < -0.3 is 0 Å². The summed E-state index contributed by atoms with van der Waals surface area (Å²) in [6, 6.07) is 0. The van der Waals surface area contributed by atoms with E-state index in [0.717, 1.165) is 0 Å². The molecule has 1 radical (unpaired) electrons. The Balaban J connectivity index is 2.60. The zero-order chi connectivity index (χ0) is 11.3. The first-order valence-corrected chi connectivity index (χ1v) is 6.85. The smallest absolute Gasteiger partial charge is 0.142 e. The van der Waals surface area contributed by atoms with Crippen molar-refractivity contribution in [1.82, 2.24) is 0 Å². The van der Waals surface area contributed by atoms with Crippen LogP contribution in [-0.2, 0) is 0 Å². The lowest BCUT2D eigenvalue weighted by Gasteiger charge is -2.22. The lowest BCUT2D eigenvalue weighted by Crippen LogP contribution is -2.12. The monoisotopic (exact) mass is 223 g/mol. The van der Waals surface area contributed by atoms with Gasteiger partial charge >= 0.3 is 0 Å². The summed E-state index contributed by atoms with van der Waals surface area (Å²) in [6.45, 7) is 6.70. The third-order valence-electron chi connectivity index (χ3n) is 3.63. The van der Waals surface area contributed by atoms with Gasteiger partial charge in [0.05, 0.1) is 0 Å². The number of allylic oxidation sites excluding steroid dienone is 2. The molecule has 0 amide bonds. The highest BCUT2D eigenvalue weighted by Crippen LogP contribution is 2.29. The van der Waals surface area contributed by atoms with Crippen molar-refractivity contribution in [2.45, 2.75) is 64.4 Å². The van der Waals surface area contributed by atoms with Crippen LogP contribution in [0.2, 0.25) is 6.82 Å². The minimum atomic E-state index is 0.504. The molecule has 1 aliphatic rings. The van der Waals surface area contributed by atoms with Crippen LogP contribution >= 0.6 is 12.6 Å². The highest BCUT2D eigenvalue weighted by Gasteiger charge is 2.14. The second kappa shape index (κ2) is 6.68. The van der Waals surface area contributed by atoms with Gasteiger partial charge in [0.15, 0.2) is 0 Å². The van der Waals surface area contributed by atoms with Crippen molar-refractivity contribution in [2.75, 3.05) is 0 Å². The molecule has 0 nitrogen and oxygen atoms in total. The van der Waals surface area contributed by atoms with E-state index in [1.54, 1.807) is 11.0 Å². The van der Waals surface area contributed by atoms with Crippen LogP contribution in [0, 0.1) is 5.92 Å². The van der Waals surface area contributed by atoms with Gasteiger partial charge in [-0.2, -0.15) is 12.6 Å². The Morgan fingerprint density at radius 2 is 1.87 bits per heavy atom. The van der Waals surface area contributed by atoms with Gasteiger partial charge in [0.2, 0.25) is 0 Å². The molecule has 0 aliphatic heterocycles. The van der Waals surface area contributed by atoms with Crippen LogP contribution in [0.4, 0.5) is 0 Å². The molecule has 0 saturated heterocycles. The summed E-state index contributed by atoms with van der Waals surface area (Å²) >= 11 is 4.53. The highest BCUT2D eigenvalue weighted by atomic mass is 32.1. The summed E-state index contributed by atoms with van der Waals surface area (Å²) in [5.74, 6) is 0.689. The first-order chi connectivity index (χ1) is 7.15. The van der Waals surface area contributed by atoms with Crippen LogP contribution in [0.15, 0.2) is 11.0 Å². The molecule has 0 spiro atoms. The molecular weight excluding hydrogens is 199 g/mol. The minimum absolute atomic E-state index is 0.504. The van der Waals surface area contributed by atoms with Crippen molar-refractivity contribution in [3.8, 4) is 0 Å². The maximum Gasteiger partial charge on any atom is 0.142 e. The number of thiol groups is 1. The molecule has 1 rings (SSSR count). The molecule has 2 heteroatoms. The molecule has 85 valence electrons. The van der Waals surface area contributed by atoms with Gasteiger partial charge in [-0.1, -0.05) is 32.7 Å². The number of hydrogen-bond donors (Lipinski definition) is 1. The standard InChI is InChI=1S/C13H24BS/c1-10(11(2)15)9-13(14-3)12-7-5-4-6-8-12/h10-11,15H,4-9H2,1-3H3. The molecule has 0 heterocycles. The Morgan fingerprint density at radius 1 is 1.27 bits per heavy atom. The van der Waals surface area contributed by atoms with Crippen molar-refractivity contribution in [2.24, 2.45) is 5.92 Å². The van der Waals surface area contributed by atoms with Crippen LogP contribution < -0.4 is 0 Å². The highest BCUT2D eigenvalue weighted by molar-refractivity contribution is 7.80. The van der Waals surface area contributed by atoms with Crippen molar-refractivity contribution in [1.29, 1.82) is 0 Å². The fourth-order valence-electron chi connectivity index (χ4n) is 2.28. The Hall–Kier alpha value is 0.155. The predicted octanol–water partition coefficient (Wildman–Crippen LogP) is 4.30. The van der Waals surface area contributed by atoms with Gasteiger partial charge in [-0.05, 0) is 38.0 Å². The first kappa shape index (κ1) is 13.2. The third kappa shape index (κ3) is 4.26. The SMILES string of the molecule is C[B]C(CC(C)C(C)S)=C1CCCCC1. The summed E-state index contributed by atoms with van der Waals surface area (Å²) < 4.78 is 0. The molecule has 0 aromatic heterocycles. The van der Waals surface area contributed by atoms with Crippen LogP contribution in [-0.4, -0.2) is 12.5 Å². The van der Waals surface area contributed by atoms with Crippen LogP contribution in [0.5, 0.6) is 0 Å². The molecule has 15 heavy (non-hydrogen) atoms. The van der Waals surface area contributed by atoms with E-state index in [9.17, 15) is 0 Å². The predicted molar refractivity (Wildman–Crippen MR) is 74.0 cm³/mol. The van der Waals surface area contributed by atoms with E-state index in [1.165, 1.54) is 38.5 Å². The van der Waals surface area contributed by atoms with Crippen molar-refractivity contribution in [3.05, 3.63) is 11.0 Å². The molecule has 0 aromatic carbocycles. The largest absolute Gasteiger partial charge is 0.176 e. The average molecular weight is 223 g/mol. The van der Waals surface area contributed by atoms with E-state index in [1.807, 2.05) is 0 Å².